The van der Waals surface area contributed by atoms with Gasteiger partial charge in [-0.1, -0.05) is 50.3 Å². The predicted octanol–water partition coefficient (Wildman–Crippen LogP) is 12.1. The molecule has 4 amide bonds. The Kier molecular flexibility index (Phi) is 46.2. The number of aliphatic hydroxyl groups excluding tert-OH is 2. The summed E-state index contributed by atoms with van der Waals surface area (Å²) in [5.74, 6) is -8.07. The summed E-state index contributed by atoms with van der Waals surface area (Å²) in [4.78, 5) is 178. The highest BCUT2D eigenvalue weighted by molar-refractivity contribution is 6.05. The number of ketones is 2. The SMILES string of the molecule is C=C1CC(CO)N(C(=O)c2cc(C)c(OCc3cc(COc4cc(NC(=O)OCc5ccc(O[C@@H]6O[C@H](C)[C@@H](C)[C@H](OC(C)=O)[C@H]6OC(C)=O)c(C(=O)CCCOC)c5)c(C(=O)N5CC(=C)C[C@H]5CO)cc4OC)cc(OCCOCCOCCCC(=O)OC(C)(C)C)c3)cc2NC(=O)OCc2ccc(OC3OC(C(=O)OC)[C@@H](OC(C)=O)[C@H](OC(C)=O)[C@H]3C)c(C(=O)CCCOCCOCCOCC(=O)OC(C)(C)C)c2)C1. The zero-order valence-electron chi connectivity index (χ0n) is 87.1. The van der Waals surface area contributed by atoms with Crippen LogP contribution in [0.2, 0.25) is 0 Å². The van der Waals surface area contributed by atoms with Gasteiger partial charge in [-0.2, -0.15) is 0 Å². The summed E-state index contributed by atoms with van der Waals surface area (Å²) in [5.41, 5.74) is 1.48. The van der Waals surface area contributed by atoms with E-state index in [1.54, 1.807) is 87.4 Å². The van der Waals surface area contributed by atoms with Crippen molar-refractivity contribution in [3.8, 4) is 34.5 Å². The van der Waals surface area contributed by atoms with Crippen molar-refractivity contribution < 1.29 is 181 Å². The van der Waals surface area contributed by atoms with E-state index in [4.69, 9.17) is 109 Å². The molecule has 148 heavy (non-hydrogen) atoms. The van der Waals surface area contributed by atoms with Crippen LogP contribution < -0.4 is 39.1 Å². The average Bonchev–Trinajstić information content (AvgIpc) is 1.68. The van der Waals surface area contributed by atoms with Crippen LogP contribution in [0.25, 0.3) is 0 Å². The van der Waals surface area contributed by atoms with Gasteiger partial charge in [-0.15, -0.1) is 0 Å². The minimum Gasteiger partial charge on any atom is -0.493 e. The molecule has 0 saturated carbocycles. The second-order valence-electron chi connectivity index (χ2n) is 37.9. The topological polar surface area (TPSA) is 505 Å². The van der Waals surface area contributed by atoms with Crippen LogP contribution in [0, 0.1) is 18.8 Å². The third-order valence-corrected chi connectivity index (χ3v) is 23.4. The zero-order chi connectivity index (χ0) is 108. The molecule has 5 aromatic carbocycles. The third-order valence-electron chi connectivity index (χ3n) is 23.4. The minimum absolute atomic E-state index is 0.00206. The second kappa shape index (κ2) is 57.6. The number of carbonyl (C=O) groups excluding carboxylic acids is 13. The number of anilines is 2. The van der Waals surface area contributed by atoms with Crippen molar-refractivity contribution in [3.05, 3.63) is 153 Å². The highest BCUT2D eigenvalue weighted by Crippen LogP contribution is 2.42. The zero-order valence-corrected chi connectivity index (χ0v) is 87.1. The van der Waals surface area contributed by atoms with E-state index < -0.39 is 182 Å². The minimum atomic E-state index is -1.69. The number of methoxy groups -OCH3 is 3. The van der Waals surface area contributed by atoms with Crippen LogP contribution in [0.15, 0.2) is 103 Å². The average molecular weight is 2080 g/mol. The van der Waals surface area contributed by atoms with Crippen LogP contribution >= 0.6 is 0 Å². The fourth-order valence-electron chi connectivity index (χ4n) is 16.4. The van der Waals surface area contributed by atoms with Crippen LogP contribution in [0.1, 0.15) is 211 Å². The van der Waals surface area contributed by atoms with Crippen LogP contribution in [-0.4, -0.2) is 297 Å². The first-order valence-electron chi connectivity index (χ1n) is 48.8. The van der Waals surface area contributed by atoms with Gasteiger partial charge in [0.05, 0.1) is 131 Å². The molecule has 9 rings (SSSR count). The molecule has 0 aliphatic carbocycles. The fraction of sp³-hybridized carbons (Fsp3) is 0.557. The number of likely N-dealkylation sites (tertiary alicyclic amines) is 2. The predicted molar refractivity (Wildman–Crippen MR) is 527 cm³/mol. The number of Topliss-reactive ketones (excluding diaryl/α,β-unsaturated/α-hetero) is 2. The number of ether oxygens (including phenoxy) is 23. The smallest absolute Gasteiger partial charge is 0.411 e. The van der Waals surface area contributed by atoms with Crippen LogP contribution in [0.3, 0.4) is 0 Å². The Hall–Kier alpha value is -12.9. The molecule has 0 bridgehead atoms. The number of amides is 4. The highest BCUT2D eigenvalue weighted by atomic mass is 16.7. The summed E-state index contributed by atoms with van der Waals surface area (Å²) >= 11 is 0. The molecule has 812 valence electrons. The molecule has 4 saturated heterocycles. The van der Waals surface area contributed by atoms with Gasteiger partial charge in [-0.25, -0.2) is 19.2 Å². The number of nitrogens with zero attached hydrogens (tertiary/aromatic N) is 2. The van der Waals surface area contributed by atoms with Crippen LogP contribution in [-0.2, 0) is 141 Å². The fourth-order valence-corrected chi connectivity index (χ4v) is 16.4. The number of hydrogen-bond donors (Lipinski definition) is 4. The molecule has 42 nitrogen and oxygen atoms in total. The van der Waals surface area contributed by atoms with Crippen LogP contribution in [0.4, 0.5) is 21.0 Å². The van der Waals surface area contributed by atoms with Gasteiger partial charge in [0.2, 0.25) is 18.7 Å². The van der Waals surface area contributed by atoms with Gasteiger partial charge in [-0.05, 0) is 170 Å². The first-order valence-corrected chi connectivity index (χ1v) is 48.8. The summed E-state index contributed by atoms with van der Waals surface area (Å²) in [6.07, 6.45) is -10.9. The van der Waals surface area contributed by atoms with E-state index in [1.165, 1.54) is 98.5 Å². The van der Waals surface area contributed by atoms with Gasteiger partial charge in [-0.3, -0.25) is 53.8 Å². The van der Waals surface area contributed by atoms with Crippen molar-refractivity contribution >= 4 is 88.7 Å². The molecule has 5 aromatic rings. The molecule has 4 heterocycles. The molecule has 0 aromatic heterocycles. The van der Waals surface area contributed by atoms with Crippen molar-refractivity contribution in [2.24, 2.45) is 11.8 Å². The summed E-state index contributed by atoms with van der Waals surface area (Å²) in [7, 11) is 3.90. The van der Waals surface area contributed by atoms with E-state index in [-0.39, 0.29) is 218 Å². The number of carbonyl (C=O) groups is 13. The van der Waals surface area contributed by atoms with Crippen LogP contribution in [0.5, 0.6) is 34.5 Å². The Labute approximate surface area is 860 Å². The maximum Gasteiger partial charge on any atom is 0.411 e. The Morgan fingerprint density at radius 2 is 0.885 bits per heavy atom. The largest absolute Gasteiger partial charge is 0.493 e. The van der Waals surface area contributed by atoms with Crippen molar-refractivity contribution in [2.45, 2.75) is 247 Å². The van der Waals surface area contributed by atoms with Crippen molar-refractivity contribution in [3.63, 3.8) is 0 Å². The van der Waals surface area contributed by atoms with Gasteiger partial charge < -0.3 is 129 Å². The maximum absolute atomic E-state index is 14.9. The lowest BCUT2D eigenvalue weighted by Gasteiger charge is -2.43. The first-order chi connectivity index (χ1) is 70.4. The van der Waals surface area contributed by atoms with E-state index in [0.29, 0.717) is 52.0 Å². The maximum atomic E-state index is 14.9. The number of aryl methyl sites for hydroxylation is 1. The molecule has 3 unspecified atom stereocenters. The number of nitrogens with one attached hydrogen (secondary N) is 2. The number of hydrogen-bond acceptors (Lipinski definition) is 38. The third kappa shape index (κ3) is 36.8. The molecular weight excluding hydrogens is 1940 g/mol. The van der Waals surface area contributed by atoms with Gasteiger partial charge in [0, 0.05) is 105 Å². The molecule has 42 heteroatoms. The molecular formula is C106H140N4O38. The number of rotatable bonds is 55. The normalized spacial score (nSPS) is 19.6. The number of esters is 7. The number of aliphatic hydroxyl groups is 2. The summed E-state index contributed by atoms with van der Waals surface area (Å²) in [6, 6.07) is 18.1. The Balaban J connectivity index is 0.989. The summed E-state index contributed by atoms with van der Waals surface area (Å²) in [6.45, 7) is 29.3. The van der Waals surface area contributed by atoms with E-state index in [0.717, 1.165) is 21.0 Å². The second-order valence-corrected chi connectivity index (χ2v) is 37.9. The van der Waals surface area contributed by atoms with Gasteiger partial charge in [0.15, 0.2) is 41.4 Å². The monoisotopic (exact) mass is 2080 g/mol. The van der Waals surface area contributed by atoms with Crippen molar-refractivity contribution in [2.75, 3.05) is 138 Å². The highest BCUT2D eigenvalue weighted by Gasteiger charge is 2.53. The summed E-state index contributed by atoms with van der Waals surface area (Å²) in [5, 5.41) is 26.5. The Bertz CT molecular complexity index is 5430. The summed E-state index contributed by atoms with van der Waals surface area (Å²) < 4.78 is 134. The molecule has 4 aliphatic heterocycles. The van der Waals surface area contributed by atoms with E-state index in [1.807, 2.05) is 0 Å². The molecule has 4 N–H and O–H groups in total. The Morgan fingerprint density at radius 3 is 1.38 bits per heavy atom. The molecule has 4 fully saturated rings. The van der Waals surface area contributed by atoms with E-state index in [9.17, 15) is 72.5 Å². The van der Waals surface area contributed by atoms with Gasteiger partial charge >= 0.3 is 54.0 Å². The lowest BCUT2D eigenvalue weighted by molar-refractivity contribution is -0.263. The molecule has 12 atom stereocenters. The van der Waals surface area contributed by atoms with E-state index >= 15 is 0 Å². The molecule has 4 aliphatic rings. The van der Waals surface area contributed by atoms with Gasteiger partial charge in [0.25, 0.3) is 11.8 Å². The van der Waals surface area contributed by atoms with Gasteiger partial charge in [0.1, 0.15) is 79.9 Å². The van der Waals surface area contributed by atoms with E-state index in [2.05, 4.69) is 23.8 Å². The molecule has 0 spiro atoms. The van der Waals surface area contributed by atoms with Crippen molar-refractivity contribution in [1.29, 1.82) is 0 Å². The first kappa shape index (κ1) is 119. The quantitative estimate of drug-likeness (QED) is 0.00923. The standard InChI is InChI=1S/C106H140N4O38/c1-61-41-75(54-111)109(52-61)98(121)78-43-63(3)88(50-82(78)107-103(124)137-56-71-26-28-86(144-101-65(5)94(141-68(8)114)95(142-69(9)115)96(146-101)100(123)128-19)80(47-71)85(118)24-21-31-129-33-35-131-37-38-133-60-92(120)148-106(14,15)16)135-58-73-44-74(46-77(45-73)134-40-39-132-36-34-130-32-22-25-91(119)147-105(11,12)13)59-136-90-51-83(79(49-89(90)127-18)99(122)110-53-62(2)42-76(110)55-112)108-104(125)138-57-72-27-29-87(81(48-72)84(117)23-20-30-126-17)145-102-97(143-70(10)116)93(140-67(7)113)64(4)66(6)139-102/h26-29,43-51,64-66,75-76,93-97,101-102,111-112H,1-2,20-25,30-42,52-60H2,3-19H3,(H,107,124)(H,108,125)/t64-,65-,66-,75?,76+,93+,94-,95+,96?,97-,101?,102+/m1/s1. The molecule has 0 radical (unpaired) electrons. The number of benzene rings is 5. The Morgan fingerprint density at radius 1 is 0.439 bits per heavy atom. The lowest BCUT2D eigenvalue weighted by atomic mass is 9.91. The van der Waals surface area contributed by atoms with Crippen molar-refractivity contribution in [1.82, 2.24) is 9.80 Å². The lowest BCUT2D eigenvalue weighted by Crippen LogP contribution is -2.60.